The zero-order valence-electron chi connectivity index (χ0n) is 17.5. The SMILES string of the molecule is C=C(C#N)C(=O)N1CCC(Oc2ncnc(N)c2-c2cnn(Cc3ccccc3)c2)CC1. The molecule has 0 spiro atoms. The standard InChI is InChI=1S/C23H23N7O2/c1-16(11-24)23(31)29-9-7-19(8-10-29)32-22-20(21(25)26-15-27-22)18-12-28-30(14-18)13-17-5-3-2-4-6-17/h2-6,12,14-15,19H,1,7-10,13H2,(H2,25,26,27). The summed E-state index contributed by atoms with van der Waals surface area (Å²) in [6.45, 7) is 5.09. The summed E-state index contributed by atoms with van der Waals surface area (Å²) in [5, 5.41) is 13.3. The molecule has 4 rings (SSSR count). The van der Waals surface area contributed by atoms with E-state index in [0.717, 1.165) is 11.1 Å². The van der Waals surface area contributed by atoms with E-state index in [-0.39, 0.29) is 17.6 Å². The number of nitrogens with zero attached hydrogens (tertiary/aromatic N) is 6. The van der Waals surface area contributed by atoms with Gasteiger partial charge in [0.05, 0.1) is 18.3 Å². The predicted molar refractivity (Wildman–Crippen MR) is 118 cm³/mol. The maximum atomic E-state index is 12.1. The summed E-state index contributed by atoms with van der Waals surface area (Å²) in [5.41, 5.74) is 8.62. The number of carbonyl (C=O) groups is 1. The van der Waals surface area contributed by atoms with Crippen LogP contribution in [0.15, 0.2) is 61.2 Å². The Hall–Kier alpha value is -4.19. The molecule has 0 saturated carbocycles. The fourth-order valence-electron chi connectivity index (χ4n) is 3.67. The molecule has 32 heavy (non-hydrogen) atoms. The van der Waals surface area contributed by atoms with Gasteiger partial charge in [-0.2, -0.15) is 10.4 Å². The lowest BCUT2D eigenvalue weighted by atomic mass is 10.1. The van der Waals surface area contributed by atoms with Crippen molar-refractivity contribution < 1.29 is 9.53 Å². The number of nitriles is 1. The molecule has 3 heterocycles. The van der Waals surface area contributed by atoms with E-state index in [1.165, 1.54) is 6.33 Å². The van der Waals surface area contributed by atoms with Gasteiger partial charge in [0.15, 0.2) is 0 Å². The van der Waals surface area contributed by atoms with Crippen LogP contribution < -0.4 is 10.5 Å². The summed E-state index contributed by atoms with van der Waals surface area (Å²) in [6, 6.07) is 11.8. The topological polar surface area (TPSA) is 123 Å². The molecule has 9 nitrogen and oxygen atoms in total. The van der Waals surface area contributed by atoms with E-state index >= 15 is 0 Å². The molecular weight excluding hydrogens is 406 g/mol. The normalized spacial score (nSPS) is 14.0. The molecule has 162 valence electrons. The van der Waals surface area contributed by atoms with E-state index in [1.54, 1.807) is 17.2 Å². The summed E-state index contributed by atoms with van der Waals surface area (Å²) >= 11 is 0. The summed E-state index contributed by atoms with van der Waals surface area (Å²) < 4.78 is 8.00. The van der Waals surface area contributed by atoms with E-state index < -0.39 is 0 Å². The summed E-state index contributed by atoms with van der Waals surface area (Å²) in [6.07, 6.45) is 6.07. The molecule has 0 bridgehead atoms. The Labute approximate surface area is 185 Å². The third kappa shape index (κ3) is 4.59. The molecule has 3 aromatic rings. The maximum Gasteiger partial charge on any atom is 0.263 e. The van der Waals surface area contributed by atoms with Gasteiger partial charge in [0.25, 0.3) is 5.91 Å². The largest absolute Gasteiger partial charge is 0.474 e. The zero-order valence-corrected chi connectivity index (χ0v) is 17.5. The molecule has 9 heteroatoms. The molecule has 1 aliphatic heterocycles. The fraction of sp³-hybridized carbons (Fsp3) is 0.261. The van der Waals surface area contributed by atoms with Gasteiger partial charge in [0.1, 0.15) is 29.9 Å². The average Bonchev–Trinajstić information content (AvgIpc) is 3.27. The number of benzene rings is 1. The zero-order chi connectivity index (χ0) is 22.5. The minimum atomic E-state index is -0.330. The monoisotopic (exact) mass is 429 g/mol. The number of piperidine rings is 1. The Bertz CT molecular complexity index is 1160. The molecule has 1 aliphatic rings. The number of aromatic nitrogens is 4. The quantitative estimate of drug-likeness (QED) is 0.471. The van der Waals surface area contributed by atoms with Crippen LogP contribution in [0.3, 0.4) is 0 Å². The molecule has 1 amide bonds. The van der Waals surface area contributed by atoms with Crippen molar-refractivity contribution in [3.05, 3.63) is 66.8 Å². The molecule has 1 aromatic carbocycles. The highest BCUT2D eigenvalue weighted by Gasteiger charge is 2.27. The van der Waals surface area contributed by atoms with Gasteiger partial charge in [-0.1, -0.05) is 36.9 Å². The first-order valence-corrected chi connectivity index (χ1v) is 10.3. The van der Waals surface area contributed by atoms with Crippen LogP contribution in [0.2, 0.25) is 0 Å². The maximum absolute atomic E-state index is 12.1. The second-order valence-electron chi connectivity index (χ2n) is 7.55. The first-order valence-electron chi connectivity index (χ1n) is 10.3. The molecule has 1 saturated heterocycles. The van der Waals surface area contributed by atoms with Gasteiger partial charge in [-0.25, -0.2) is 9.97 Å². The molecule has 2 N–H and O–H groups in total. The number of nitrogen functional groups attached to an aromatic ring is 1. The molecular formula is C23H23N7O2. The number of amides is 1. The first-order chi connectivity index (χ1) is 15.5. The van der Waals surface area contributed by atoms with Crippen LogP contribution in [0, 0.1) is 11.3 Å². The van der Waals surface area contributed by atoms with E-state index in [0.29, 0.717) is 49.7 Å². The fourth-order valence-corrected chi connectivity index (χ4v) is 3.67. The van der Waals surface area contributed by atoms with Gasteiger partial charge in [0.2, 0.25) is 5.88 Å². The van der Waals surface area contributed by atoms with Gasteiger partial charge in [0, 0.05) is 37.7 Å². The van der Waals surface area contributed by atoms with Crippen molar-refractivity contribution in [3.8, 4) is 23.1 Å². The molecule has 0 radical (unpaired) electrons. The second-order valence-corrected chi connectivity index (χ2v) is 7.55. The number of anilines is 1. The predicted octanol–water partition coefficient (Wildman–Crippen LogP) is 2.42. The van der Waals surface area contributed by atoms with Crippen molar-refractivity contribution in [2.75, 3.05) is 18.8 Å². The summed E-state index contributed by atoms with van der Waals surface area (Å²) in [7, 11) is 0. The number of hydrogen-bond donors (Lipinski definition) is 1. The van der Waals surface area contributed by atoms with Crippen molar-refractivity contribution in [2.24, 2.45) is 0 Å². The van der Waals surface area contributed by atoms with Gasteiger partial charge in [-0.3, -0.25) is 9.48 Å². The average molecular weight is 429 g/mol. The van der Waals surface area contributed by atoms with Crippen LogP contribution in [0.5, 0.6) is 5.88 Å². The van der Waals surface area contributed by atoms with Crippen LogP contribution in [0.4, 0.5) is 5.82 Å². The van der Waals surface area contributed by atoms with Gasteiger partial charge in [-0.05, 0) is 5.56 Å². The Morgan fingerprint density at radius 3 is 2.72 bits per heavy atom. The van der Waals surface area contributed by atoms with Crippen LogP contribution in [-0.2, 0) is 11.3 Å². The number of rotatable bonds is 6. The third-order valence-electron chi connectivity index (χ3n) is 5.35. The van der Waals surface area contributed by atoms with E-state index in [1.807, 2.05) is 41.2 Å². The Kier molecular flexibility index (Phi) is 6.12. The highest BCUT2D eigenvalue weighted by atomic mass is 16.5. The lowest BCUT2D eigenvalue weighted by Crippen LogP contribution is -2.42. The highest BCUT2D eigenvalue weighted by Crippen LogP contribution is 2.33. The third-order valence-corrected chi connectivity index (χ3v) is 5.35. The Morgan fingerprint density at radius 1 is 1.25 bits per heavy atom. The van der Waals surface area contributed by atoms with Crippen molar-refractivity contribution in [3.63, 3.8) is 0 Å². The smallest absolute Gasteiger partial charge is 0.263 e. The number of ether oxygens (including phenoxy) is 1. The summed E-state index contributed by atoms with van der Waals surface area (Å²) in [5.74, 6) is 0.374. The molecule has 0 atom stereocenters. The number of hydrogen-bond acceptors (Lipinski definition) is 7. The van der Waals surface area contributed by atoms with E-state index in [9.17, 15) is 4.79 Å². The van der Waals surface area contributed by atoms with Crippen molar-refractivity contribution in [2.45, 2.75) is 25.5 Å². The number of nitrogens with two attached hydrogens (primary N) is 1. The van der Waals surface area contributed by atoms with E-state index in [2.05, 4.69) is 21.6 Å². The van der Waals surface area contributed by atoms with E-state index in [4.69, 9.17) is 15.7 Å². The van der Waals surface area contributed by atoms with Gasteiger partial charge >= 0.3 is 0 Å². The molecule has 0 aliphatic carbocycles. The van der Waals surface area contributed by atoms with Gasteiger partial charge in [-0.15, -0.1) is 0 Å². The lowest BCUT2D eigenvalue weighted by molar-refractivity contribution is -0.128. The van der Waals surface area contributed by atoms with Crippen molar-refractivity contribution in [1.82, 2.24) is 24.6 Å². The van der Waals surface area contributed by atoms with Crippen LogP contribution >= 0.6 is 0 Å². The highest BCUT2D eigenvalue weighted by molar-refractivity contribution is 5.96. The van der Waals surface area contributed by atoms with Crippen LogP contribution in [0.25, 0.3) is 11.1 Å². The second kappa shape index (κ2) is 9.31. The molecule has 2 aromatic heterocycles. The van der Waals surface area contributed by atoms with Gasteiger partial charge < -0.3 is 15.4 Å². The first kappa shape index (κ1) is 21.1. The Morgan fingerprint density at radius 2 is 2.00 bits per heavy atom. The van der Waals surface area contributed by atoms with Crippen molar-refractivity contribution >= 4 is 11.7 Å². The van der Waals surface area contributed by atoms with Crippen molar-refractivity contribution in [1.29, 1.82) is 5.26 Å². The number of carbonyl (C=O) groups excluding carboxylic acids is 1. The minimum absolute atomic E-state index is 0.0530. The number of likely N-dealkylation sites (tertiary alicyclic amines) is 1. The van der Waals surface area contributed by atoms with Crippen LogP contribution in [-0.4, -0.2) is 49.7 Å². The van der Waals surface area contributed by atoms with Crippen LogP contribution in [0.1, 0.15) is 18.4 Å². The minimum Gasteiger partial charge on any atom is -0.474 e. The molecule has 0 unspecified atom stereocenters. The Balaban J connectivity index is 1.47. The molecule has 1 fully saturated rings. The lowest BCUT2D eigenvalue weighted by Gasteiger charge is -2.32. The summed E-state index contributed by atoms with van der Waals surface area (Å²) in [4.78, 5) is 22.2.